The lowest BCUT2D eigenvalue weighted by molar-refractivity contribution is -0.123. The van der Waals surface area contributed by atoms with Crippen molar-refractivity contribution < 1.29 is 14.3 Å². The monoisotopic (exact) mass is 535 g/mol. The number of para-hydroxylation sites is 1. The molecule has 0 radical (unpaired) electrons. The third kappa shape index (κ3) is 5.37. The minimum atomic E-state index is -0.434. The van der Waals surface area contributed by atoms with E-state index in [1.54, 1.807) is 29.3 Å². The average molecular weight is 536 g/mol. The molecule has 202 valence electrons. The van der Waals surface area contributed by atoms with Crippen LogP contribution in [0.15, 0.2) is 88.6 Å². The highest BCUT2D eigenvalue weighted by atomic mass is 16.5. The lowest BCUT2D eigenvalue weighted by atomic mass is 9.92. The van der Waals surface area contributed by atoms with Gasteiger partial charge < -0.3 is 26.4 Å². The molecule has 2 heterocycles. The number of nitrogens with zero attached hydrogens (tertiary/aromatic N) is 3. The number of aryl methyl sites for hydroxylation is 1. The van der Waals surface area contributed by atoms with E-state index < -0.39 is 11.9 Å². The second-order valence-corrected chi connectivity index (χ2v) is 9.98. The first-order valence-electron chi connectivity index (χ1n) is 13.1. The standard InChI is InChI=1S/C30H29N7O3/c1-18-5-2-3-8-25(18)40-23-7-4-6-22(15-23)36-30(39)35-21-11-9-19(10-12-21)26-24(29(38)34-20-13-14-20)16-37-27(26)28(31)32-17-33-37/h2-12,15,17,20,24H,13-14,16H2,1H3,(H,34,38)(H2,31,32,33)(H2,35,36,39). The van der Waals surface area contributed by atoms with E-state index in [2.05, 4.69) is 26.0 Å². The van der Waals surface area contributed by atoms with Crippen molar-refractivity contribution in [1.29, 1.82) is 0 Å². The summed E-state index contributed by atoms with van der Waals surface area (Å²) in [4.78, 5) is 30.0. The number of rotatable bonds is 7. The summed E-state index contributed by atoms with van der Waals surface area (Å²) in [7, 11) is 0. The lowest BCUT2D eigenvalue weighted by Gasteiger charge is -2.18. The number of anilines is 2. The summed E-state index contributed by atoms with van der Waals surface area (Å²) in [6.45, 7) is 2.37. The quantitative estimate of drug-likeness (QED) is 0.349. The van der Waals surface area contributed by atoms with Crippen LogP contribution in [0.2, 0.25) is 0 Å². The Labute approximate surface area is 231 Å². The van der Waals surface area contributed by atoms with Gasteiger partial charge in [-0.1, -0.05) is 36.4 Å². The van der Waals surface area contributed by atoms with Crippen LogP contribution in [-0.4, -0.2) is 41.7 Å². The molecule has 1 aliphatic carbocycles. The molecule has 3 aromatic rings. The molecule has 1 fully saturated rings. The van der Waals surface area contributed by atoms with E-state index in [-0.39, 0.29) is 11.9 Å². The Hall–Kier alpha value is -5.12. The van der Waals surface area contributed by atoms with Crippen molar-refractivity contribution in [3.63, 3.8) is 0 Å². The smallest absolute Gasteiger partial charge is 0.323 e. The molecule has 3 amide bonds. The molecule has 5 N–H and O–H groups in total. The van der Waals surface area contributed by atoms with Gasteiger partial charge in [-0.3, -0.25) is 9.80 Å². The first kappa shape index (κ1) is 25.2. The SMILES string of the molecule is Cc1ccccc1Oc1cccc(NC(=O)Nc2ccc(C3=C4C(N)=NC=NN4CC3C(=O)NC3CC3)cc2)c1. The van der Waals surface area contributed by atoms with E-state index in [1.807, 2.05) is 55.5 Å². The molecule has 40 heavy (non-hydrogen) atoms. The van der Waals surface area contributed by atoms with E-state index in [4.69, 9.17) is 10.5 Å². The maximum Gasteiger partial charge on any atom is 0.323 e. The van der Waals surface area contributed by atoms with Crippen molar-refractivity contribution in [3.05, 3.63) is 89.6 Å². The van der Waals surface area contributed by atoms with Gasteiger partial charge >= 0.3 is 6.03 Å². The minimum Gasteiger partial charge on any atom is -0.457 e. The van der Waals surface area contributed by atoms with Crippen molar-refractivity contribution >= 4 is 41.1 Å². The molecule has 3 aromatic carbocycles. The summed E-state index contributed by atoms with van der Waals surface area (Å²) in [6.07, 6.45) is 3.40. The Morgan fingerprint density at radius 3 is 2.52 bits per heavy atom. The highest BCUT2D eigenvalue weighted by molar-refractivity contribution is 6.11. The Morgan fingerprint density at radius 2 is 1.75 bits per heavy atom. The number of hydrogen-bond donors (Lipinski definition) is 4. The topological polar surface area (TPSA) is 133 Å². The Kier molecular flexibility index (Phi) is 6.65. The molecule has 2 aliphatic heterocycles. The number of amides is 3. The van der Waals surface area contributed by atoms with Crippen LogP contribution in [0, 0.1) is 12.8 Å². The Bertz CT molecular complexity index is 1560. The van der Waals surface area contributed by atoms with Gasteiger partial charge in [0.05, 0.1) is 12.5 Å². The number of hydrazone groups is 1. The molecule has 0 spiro atoms. The van der Waals surface area contributed by atoms with Crippen LogP contribution in [0.1, 0.15) is 24.0 Å². The van der Waals surface area contributed by atoms with E-state index in [0.717, 1.165) is 35.3 Å². The van der Waals surface area contributed by atoms with Crippen molar-refractivity contribution in [1.82, 2.24) is 10.3 Å². The number of hydrogen-bond acceptors (Lipinski definition) is 7. The number of amidine groups is 1. The highest BCUT2D eigenvalue weighted by Gasteiger charge is 2.40. The first-order chi connectivity index (χ1) is 19.4. The van der Waals surface area contributed by atoms with E-state index in [9.17, 15) is 9.59 Å². The first-order valence-corrected chi connectivity index (χ1v) is 13.1. The zero-order valence-corrected chi connectivity index (χ0v) is 21.9. The molecule has 1 saturated carbocycles. The van der Waals surface area contributed by atoms with Crippen molar-refractivity contribution in [3.8, 4) is 11.5 Å². The third-order valence-corrected chi connectivity index (χ3v) is 6.95. The van der Waals surface area contributed by atoms with Gasteiger partial charge in [-0.25, -0.2) is 9.79 Å². The normalized spacial score (nSPS) is 17.7. The van der Waals surface area contributed by atoms with Crippen LogP contribution in [0.3, 0.4) is 0 Å². The van der Waals surface area contributed by atoms with E-state index in [0.29, 0.717) is 35.2 Å². The molecule has 10 heteroatoms. The molecular weight excluding hydrogens is 506 g/mol. The molecule has 6 rings (SSSR count). The lowest BCUT2D eigenvalue weighted by Crippen LogP contribution is -2.35. The number of carbonyl (C=O) groups excluding carboxylic acids is 2. The maximum absolute atomic E-state index is 13.1. The van der Waals surface area contributed by atoms with Crippen LogP contribution in [0.4, 0.5) is 16.2 Å². The number of urea groups is 1. The largest absolute Gasteiger partial charge is 0.457 e. The summed E-state index contributed by atoms with van der Waals surface area (Å²) in [6, 6.07) is 22.1. The van der Waals surface area contributed by atoms with Crippen LogP contribution in [-0.2, 0) is 4.79 Å². The Morgan fingerprint density at radius 1 is 0.975 bits per heavy atom. The highest BCUT2D eigenvalue weighted by Crippen LogP contribution is 2.38. The van der Waals surface area contributed by atoms with Crippen LogP contribution < -0.4 is 26.4 Å². The zero-order valence-electron chi connectivity index (χ0n) is 21.9. The van der Waals surface area contributed by atoms with Crippen molar-refractivity contribution in [2.75, 3.05) is 17.2 Å². The third-order valence-electron chi connectivity index (χ3n) is 6.95. The summed E-state index contributed by atoms with van der Waals surface area (Å²) >= 11 is 0. The molecule has 3 aliphatic rings. The van der Waals surface area contributed by atoms with E-state index in [1.165, 1.54) is 6.34 Å². The summed E-state index contributed by atoms with van der Waals surface area (Å²) in [5.74, 6) is 1.22. The predicted molar refractivity (Wildman–Crippen MR) is 155 cm³/mol. The maximum atomic E-state index is 13.1. The zero-order chi connectivity index (χ0) is 27.6. The Balaban J connectivity index is 1.15. The van der Waals surface area contributed by atoms with Gasteiger partial charge in [0.15, 0.2) is 5.84 Å². The molecule has 1 atom stereocenters. The predicted octanol–water partition coefficient (Wildman–Crippen LogP) is 4.67. The summed E-state index contributed by atoms with van der Waals surface area (Å²) in [5.41, 5.74) is 10.6. The van der Waals surface area contributed by atoms with Crippen LogP contribution in [0.25, 0.3) is 5.57 Å². The number of nitrogens with one attached hydrogen (secondary N) is 3. The summed E-state index contributed by atoms with van der Waals surface area (Å²) in [5, 5.41) is 14.8. The van der Waals surface area contributed by atoms with Gasteiger partial charge in [0.25, 0.3) is 0 Å². The average Bonchev–Trinajstić information content (AvgIpc) is 3.66. The summed E-state index contributed by atoms with van der Waals surface area (Å²) < 4.78 is 5.97. The number of carbonyl (C=O) groups is 2. The van der Waals surface area contributed by atoms with Crippen molar-refractivity contribution in [2.45, 2.75) is 25.8 Å². The second kappa shape index (κ2) is 10.6. The minimum absolute atomic E-state index is 0.0439. The van der Waals surface area contributed by atoms with Gasteiger partial charge in [-0.2, -0.15) is 5.10 Å². The number of benzene rings is 3. The molecule has 0 bridgehead atoms. The number of aliphatic imine (C=N–C) groups is 1. The van der Waals surface area contributed by atoms with Crippen molar-refractivity contribution in [2.24, 2.45) is 21.7 Å². The molecule has 0 saturated heterocycles. The van der Waals surface area contributed by atoms with Gasteiger partial charge in [0.2, 0.25) is 5.91 Å². The fourth-order valence-corrected chi connectivity index (χ4v) is 4.79. The second-order valence-electron chi connectivity index (χ2n) is 9.98. The molecule has 0 aromatic heterocycles. The van der Waals surface area contributed by atoms with E-state index >= 15 is 0 Å². The van der Waals surface area contributed by atoms with Gasteiger partial charge in [-0.05, 0) is 61.2 Å². The van der Waals surface area contributed by atoms with Gasteiger partial charge in [0, 0.05) is 29.1 Å². The number of fused-ring (bicyclic) bond motifs is 1. The molecule has 1 unspecified atom stereocenters. The van der Waals surface area contributed by atoms with Gasteiger partial charge in [-0.15, -0.1) is 0 Å². The van der Waals surface area contributed by atoms with Gasteiger partial charge in [0.1, 0.15) is 23.5 Å². The van der Waals surface area contributed by atoms with Crippen LogP contribution in [0.5, 0.6) is 11.5 Å². The van der Waals surface area contributed by atoms with Crippen LogP contribution >= 0.6 is 0 Å². The fourth-order valence-electron chi connectivity index (χ4n) is 4.79. The number of ether oxygens (including phenoxy) is 1. The fraction of sp³-hybridized carbons (Fsp3) is 0.200. The molecular formula is C30H29N7O3. The number of nitrogens with two attached hydrogens (primary N) is 1. The molecule has 10 nitrogen and oxygen atoms in total.